The highest BCUT2D eigenvalue weighted by molar-refractivity contribution is 8.00. The molecule has 0 atom stereocenters. The van der Waals surface area contributed by atoms with E-state index in [-0.39, 0.29) is 11.9 Å². The first kappa shape index (κ1) is 20.5. The van der Waals surface area contributed by atoms with Crippen LogP contribution in [0.4, 0.5) is 6.01 Å². The molecule has 1 aromatic rings. The molecule has 8 nitrogen and oxygen atoms in total. The number of nitrogens with zero attached hydrogens (tertiary/aromatic N) is 6. The smallest absolute Gasteiger partial charge is 0.304 e. The molecule has 29 heavy (non-hydrogen) atoms. The Kier molecular flexibility index (Phi) is 6.94. The van der Waals surface area contributed by atoms with Gasteiger partial charge in [0.15, 0.2) is 0 Å². The third kappa shape index (κ3) is 4.87. The highest BCUT2D eigenvalue weighted by Crippen LogP contribution is 2.46. The zero-order chi connectivity index (χ0) is 19.9. The van der Waals surface area contributed by atoms with Gasteiger partial charge in [0.25, 0.3) is 0 Å². The Hall–Kier alpha value is -1.77. The van der Waals surface area contributed by atoms with Gasteiger partial charge in [0, 0.05) is 18.4 Å². The summed E-state index contributed by atoms with van der Waals surface area (Å²) in [6.45, 7) is 0. The molecule has 0 spiro atoms. The Morgan fingerprint density at radius 1 is 1.07 bits per heavy atom. The fourth-order valence-electron chi connectivity index (χ4n) is 4.71. The Labute approximate surface area is 176 Å². The van der Waals surface area contributed by atoms with Crippen LogP contribution in [0.15, 0.2) is 37.6 Å². The molecule has 9 heteroatoms. The predicted octanol–water partition coefficient (Wildman–Crippen LogP) is 5.92. The number of carbonyl (C=O) groups is 1. The van der Waals surface area contributed by atoms with Gasteiger partial charge in [0.05, 0.1) is 6.20 Å². The van der Waals surface area contributed by atoms with E-state index in [2.05, 4.69) is 25.7 Å². The van der Waals surface area contributed by atoms with Gasteiger partial charge in [-0.15, -0.1) is 22.0 Å². The predicted molar refractivity (Wildman–Crippen MR) is 112 cm³/mol. The highest BCUT2D eigenvalue weighted by atomic mass is 32.2. The summed E-state index contributed by atoms with van der Waals surface area (Å²) in [6, 6.07) is 0.639. The molecular formula is C20H30N6O2S. The lowest BCUT2D eigenvalue weighted by atomic mass is 9.87. The lowest BCUT2D eigenvalue weighted by Gasteiger charge is -2.32. The fourth-order valence-corrected chi connectivity index (χ4v) is 5.96. The van der Waals surface area contributed by atoms with Crippen LogP contribution in [0.5, 0.6) is 0 Å². The Morgan fingerprint density at radius 3 is 2.41 bits per heavy atom. The molecule has 158 valence electrons. The fraction of sp³-hybridized carbons (Fsp3) is 0.800. The third-order valence-corrected chi connectivity index (χ3v) is 7.65. The van der Waals surface area contributed by atoms with Gasteiger partial charge in [-0.25, -0.2) is 4.98 Å². The van der Waals surface area contributed by atoms with Gasteiger partial charge in [-0.2, -0.15) is 0 Å². The zero-order valence-electron chi connectivity index (χ0n) is 16.9. The van der Waals surface area contributed by atoms with E-state index >= 15 is 0 Å². The zero-order valence-corrected chi connectivity index (χ0v) is 17.7. The maximum atomic E-state index is 13.1. The van der Waals surface area contributed by atoms with Crippen molar-refractivity contribution in [2.45, 2.75) is 88.1 Å². The van der Waals surface area contributed by atoms with Gasteiger partial charge < -0.3 is 4.42 Å². The van der Waals surface area contributed by atoms with Gasteiger partial charge >= 0.3 is 6.01 Å². The van der Waals surface area contributed by atoms with Gasteiger partial charge in [0.2, 0.25) is 10.9 Å². The molecule has 4 rings (SSSR count). The van der Waals surface area contributed by atoms with E-state index in [1.807, 2.05) is 0 Å². The molecule has 0 unspecified atom stereocenters. The molecule has 0 aromatic carbocycles. The number of carbonyl (C=O) groups excluding carboxylic acids is 1. The van der Waals surface area contributed by atoms with Crippen LogP contribution >= 0.6 is 11.8 Å². The normalized spacial score (nSPS) is 22.2. The molecule has 2 heterocycles. The Morgan fingerprint density at radius 2 is 1.76 bits per heavy atom. The van der Waals surface area contributed by atoms with E-state index < -0.39 is 4.99 Å². The average molecular weight is 419 g/mol. The summed E-state index contributed by atoms with van der Waals surface area (Å²) < 4.78 is 5.49. The van der Waals surface area contributed by atoms with Crippen LogP contribution in [0.25, 0.3) is 0 Å². The minimum atomic E-state index is -0.560. The first-order valence-corrected chi connectivity index (χ1v) is 12.0. The van der Waals surface area contributed by atoms with Gasteiger partial charge in [0.1, 0.15) is 6.26 Å². The number of anilines is 1. The molecule has 0 radical (unpaired) electrons. The maximum absolute atomic E-state index is 13.1. The van der Waals surface area contributed by atoms with Crippen LogP contribution in [-0.2, 0) is 4.79 Å². The van der Waals surface area contributed by atoms with E-state index in [0.29, 0.717) is 18.4 Å². The summed E-state index contributed by atoms with van der Waals surface area (Å²) in [5.41, 5.74) is 0. The number of oxazole rings is 1. The number of thioether (sulfide) groups is 1. The molecule has 0 bridgehead atoms. The van der Waals surface area contributed by atoms with Crippen LogP contribution in [-0.4, -0.2) is 27.7 Å². The molecule has 1 aliphatic heterocycles. The molecule has 1 aromatic heterocycles. The van der Waals surface area contributed by atoms with Crippen LogP contribution in [0.2, 0.25) is 0 Å². The van der Waals surface area contributed by atoms with E-state index in [1.54, 1.807) is 29.1 Å². The van der Waals surface area contributed by atoms with E-state index in [0.717, 1.165) is 50.7 Å². The van der Waals surface area contributed by atoms with Crippen molar-refractivity contribution in [3.63, 3.8) is 0 Å². The SMILES string of the molecule is O=C(CCCSC1(C2CCCCC2)N=NN=N1)N(c1ncco1)C1CCCCC1. The van der Waals surface area contributed by atoms with Crippen molar-refractivity contribution in [2.24, 2.45) is 26.6 Å². The van der Waals surface area contributed by atoms with Crippen molar-refractivity contribution in [2.75, 3.05) is 10.7 Å². The number of hydrogen-bond donors (Lipinski definition) is 0. The molecular weight excluding hydrogens is 388 g/mol. The van der Waals surface area contributed by atoms with Crippen molar-refractivity contribution >= 4 is 23.7 Å². The second-order valence-corrected chi connectivity index (χ2v) is 9.49. The Bertz CT molecular complexity index is 699. The molecule has 3 aliphatic rings. The lowest BCUT2D eigenvalue weighted by Crippen LogP contribution is -2.42. The van der Waals surface area contributed by atoms with Crippen molar-refractivity contribution in [3.05, 3.63) is 12.5 Å². The lowest BCUT2D eigenvalue weighted by molar-refractivity contribution is -0.119. The topological polar surface area (TPSA) is 95.8 Å². The van der Waals surface area contributed by atoms with Crippen LogP contribution in [0, 0.1) is 5.92 Å². The van der Waals surface area contributed by atoms with Crippen LogP contribution in [0.3, 0.4) is 0 Å². The van der Waals surface area contributed by atoms with E-state index in [4.69, 9.17) is 4.42 Å². The molecule has 2 saturated carbocycles. The summed E-state index contributed by atoms with van der Waals surface area (Å²) in [5.74, 6) is 1.31. The second-order valence-electron chi connectivity index (χ2n) is 8.19. The molecule has 0 saturated heterocycles. The number of aromatic nitrogens is 1. The first-order valence-electron chi connectivity index (χ1n) is 11.0. The standard InChI is InChI=1S/C20H30N6O2S/c27-18(26(19-21-13-14-28-19)17-10-5-2-6-11-17)12-7-15-29-20(22-24-25-23-20)16-8-3-1-4-9-16/h13-14,16-17H,1-12,15H2. The summed E-state index contributed by atoms with van der Waals surface area (Å²) in [6.07, 6.45) is 16.0. The monoisotopic (exact) mass is 418 g/mol. The summed E-state index contributed by atoms with van der Waals surface area (Å²) >= 11 is 1.69. The number of hydrogen-bond acceptors (Lipinski definition) is 8. The van der Waals surface area contributed by atoms with Gasteiger partial charge in [-0.05, 0) is 48.3 Å². The Balaban J connectivity index is 1.32. The highest BCUT2D eigenvalue weighted by Gasteiger charge is 2.43. The van der Waals surface area contributed by atoms with Gasteiger partial charge in [-0.3, -0.25) is 9.69 Å². The largest absolute Gasteiger partial charge is 0.432 e. The van der Waals surface area contributed by atoms with Crippen LogP contribution < -0.4 is 4.90 Å². The maximum Gasteiger partial charge on any atom is 0.304 e. The summed E-state index contributed by atoms with van der Waals surface area (Å²) in [5, 5.41) is 16.4. The second kappa shape index (κ2) is 9.82. The van der Waals surface area contributed by atoms with Crippen LogP contribution in [0.1, 0.15) is 77.0 Å². The van der Waals surface area contributed by atoms with E-state index in [1.165, 1.54) is 25.7 Å². The molecule has 2 fully saturated rings. The minimum Gasteiger partial charge on any atom is -0.432 e. The average Bonchev–Trinajstić information content (AvgIpc) is 3.46. The summed E-state index contributed by atoms with van der Waals surface area (Å²) in [7, 11) is 0. The molecule has 2 aliphatic carbocycles. The van der Waals surface area contributed by atoms with Crippen molar-refractivity contribution in [1.29, 1.82) is 0 Å². The molecule has 0 N–H and O–H groups in total. The number of rotatable bonds is 8. The summed E-state index contributed by atoms with van der Waals surface area (Å²) in [4.78, 5) is 18.5. The first-order chi connectivity index (χ1) is 14.3. The quantitative estimate of drug-likeness (QED) is 0.489. The van der Waals surface area contributed by atoms with Crippen molar-refractivity contribution in [3.8, 4) is 0 Å². The molecule has 1 amide bonds. The van der Waals surface area contributed by atoms with Crippen molar-refractivity contribution in [1.82, 2.24) is 4.98 Å². The van der Waals surface area contributed by atoms with E-state index in [9.17, 15) is 4.79 Å². The third-order valence-electron chi connectivity index (χ3n) is 6.24. The number of amides is 1. The van der Waals surface area contributed by atoms with Crippen molar-refractivity contribution < 1.29 is 9.21 Å². The minimum absolute atomic E-state index is 0.0985. The van der Waals surface area contributed by atoms with Gasteiger partial charge in [-0.1, -0.05) is 38.5 Å².